The molecule has 170 valence electrons. The smallest absolute Gasteiger partial charge is 0.229 e. The topological polar surface area (TPSA) is 71.0 Å². The number of aryl methyl sites for hydroxylation is 2. The van der Waals surface area contributed by atoms with Crippen LogP contribution >= 0.6 is 0 Å². The molecule has 1 aromatic carbocycles. The molecule has 0 saturated carbocycles. The maximum Gasteiger partial charge on any atom is 0.229 e. The fourth-order valence-electron chi connectivity index (χ4n) is 4.86. The molecular weight excluding hydrogens is 424 g/mol. The van der Waals surface area contributed by atoms with Crippen LogP contribution in [0.15, 0.2) is 42.7 Å². The second-order valence-corrected chi connectivity index (χ2v) is 9.01. The number of nitrogens with one attached hydrogen (secondary N) is 1. The van der Waals surface area contributed by atoms with Crippen molar-refractivity contribution in [2.24, 2.45) is 0 Å². The van der Waals surface area contributed by atoms with Crippen LogP contribution in [0.2, 0.25) is 0 Å². The van der Waals surface area contributed by atoms with Gasteiger partial charge < -0.3 is 10.2 Å². The van der Waals surface area contributed by atoms with Gasteiger partial charge in [-0.05, 0) is 68.5 Å². The van der Waals surface area contributed by atoms with Gasteiger partial charge in [-0.3, -0.25) is 4.79 Å². The van der Waals surface area contributed by atoms with Crippen LogP contribution in [-0.2, 0) is 11.2 Å². The SMILES string of the molecule is Cc1nc2c(cc1-c1ncccn1)CC[C@@]1(CCN(C(=O)C(C)c3ccc(F)c(F)c3)C1)N2. The number of hydrogen-bond acceptors (Lipinski definition) is 5. The quantitative estimate of drug-likeness (QED) is 0.647. The number of benzene rings is 1. The van der Waals surface area contributed by atoms with Crippen molar-refractivity contribution in [3.63, 3.8) is 0 Å². The summed E-state index contributed by atoms with van der Waals surface area (Å²) >= 11 is 0. The predicted octanol–water partition coefficient (Wildman–Crippen LogP) is 4.26. The highest BCUT2D eigenvalue weighted by molar-refractivity contribution is 5.84. The molecule has 6 nitrogen and oxygen atoms in total. The molecule has 8 heteroatoms. The van der Waals surface area contributed by atoms with Crippen molar-refractivity contribution in [1.29, 1.82) is 0 Å². The average Bonchev–Trinajstić information content (AvgIpc) is 3.23. The van der Waals surface area contributed by atoms with Crippen molar-refractivity contribution < 1.29 is 13.6 Å². The Morgan fingerprint density at radius 1 is 1.15 bits per heavy atom. The van der Waals surface area contributed by atoms with Gasteiger partial charge in [-0.1, -0.05) is 6.07 Å². The summed E-state index contributed by atoms with van der Waals surface area (Å²) in [6.07, 6.45) is 5.98. The molecule has 1 amide bonds. The first-order valence-electron chi connectivity index (χ1n) is 11.1. The van der Waals surface area contributed by atoms with E-state index in [0.717, 1.165) is 54.0 Å². The summed E-state index contributed by atoms with van der Waals surface area (Å²) in [4.78, 5) is 28.5. The molecule has 2 aliphatic heterocycles. The standard InChI is InChI=1S/C25H25F2N5O/c1-15(17-4-5-20(26)21(27)13-17)24(33)32-11-8-25(14-32)7-6-18-12-19(16(2)30-22(18)31-25)23-28-9-3-10-29-23/h3-5,9-10,12-13,15H,6-8,11,14H2,1-2H3,(H,30,31)/t15?,25-/m0/s1. The number of carbonyl (C=O) groups is 1. The number of nitrogens with zero attached hydrogens (tertiary/aromatic N) is 4. The second kappa shape index (κ2) is 8.17. The number of likely N-dealkylation sites (tertiary alicyclic amines) is 1. The van der Waals surface area contributed by atoms with Crippen LogP contribution in [0.1, 0.15) is 42.5 Å². The van der Waals surface area contributed by atoms with Gasteiger partial charge in [0.2, 0.25) is 5.91 Å². The molecule has 33 heavy (non-hydrogen) atoms. The molecule has 3 aromatic rings. The Bertz CT molecular complexity index is 1220. The minimum atomic E-state index is -0.933. The van der Waals surface area contributed by atoms with E-state index in [1.54, 1.807) is 25.4 Å². The van der Waals surface area contributed by atoms with Gasteiger partial charge in [-0.15, -0.1) is 0 Å². The highest BCUT2D eigenvalue weighted by atomic mass is 19.2. The van der Waals surface area contributed by atoms with E-state index in [0.29, 0.717) is 24.5 Å². The van der Waals surface area contributed by atoms with Crippen molar-refractivity contribution in [3.8, 4) is 11.4 Å². The number of pyridine rings is 1. The monoisotopic (exact) mass is 449 g/mol. The fraction of sp³-hybridized carbons (Fsp3) is 0.360. The highest BCUT2D eigenvalue weighted by Gasteiger charge is 2.43. The van der Waals surface area contributed by atoms with Gasteiger partial charge in [0, 0.05) is 31.0 Å². The Balaban J connectivity index is 1.33. The molecule has 0 bridgehead atoms. The van der Waals surface area contributed by atoms with Gasteiger partial charge >= 0.3 is 0 Å². The number of halogens is 2. The van der Waals surface area contributed by atoms with Crippen molar-refractivity contribution >= 4 is 11.7 Å². The molecule has 1 spiro atoms. The molecule has 2 atom stereocenters. The van der Waals surface area contributed by atoms with Gasteiger partial charge in [0.1, 0.15) is 5.82 Å². The van der Waals surface area contributed by atoms with E-state index in [1.165, 1.54) is 6.07 Å². The van der Waals surface area contributed by atoms with Crippen LogP contribution in [-0.4, -0.2) is 44.4 Å². The largest absolute Gasteiger partial charge is 0.363 e. The molecule has 1 unspecified atom stereocenters. The lowest BCUT2D eigenvalue weighted by Crippen LogP contribution is -2.46. The Hall–Kier alpha value is -3.42. The second-order valence-electron chi connectivity index (χ2n) is 9.01. The van der Waals surface area contributed by atoms with Gasteiger partial charge in [0.05, 0.1) is 17.2 Å². The summed E-state index contributed by atoms with van der Waals surface area (Å²) in [6.45, 7) is 4.86. The van der Waals surface area contributed by atoms with E-state index >= 15 is 0 Å². The summed E-state index contributed by atoms with van der Waals surface area (Å²) < 4.78 is 26.9. The van der Waals surface area contributed by atoms with Gasteiger partial charge in [0.15, 0.2) is 17.5 Å². The normalized spacial score (nSPS) is 20.4. The minimum Gasteiger partial charge on any atom is -0.363 e. The van der Waals surface area contributed by atoms with Crippen LogP contribution < -0.4 is 5.32 Å². The van der Waals surface area contributed by atoms with E-state index in [-0.39, 0.29) is 11.4 Å². The summed E-state index contributed by atoms with van der Waals surface area (Å²) in [5, 5.41) is 3.62. The van der Waals surface area contributed by atoms with Gasteiger partial charge in [0.25, 0.3) is 0 Å². The van der Waals surface area contributed by atoms with Gasteiger partial charge in [-0.2, -0.15) is 0 Å². The number of fused-ring (bicyclic) bond motifs is 1. The average molecular weight is 450 g/mol. The van der Waals surface area contributed by atoms with Crippen LogP contribution in [0.4, 0.5) is 14.6 Å². The number of aromatic nitrogens is 3. The first-order chi connectivity index (χ1) is 15.8. The zero-order valence-corrected chi connectivity index (χ0v) is 18.6. The zero-order chi connectivity index (χ0) is 23.2. The minimum absolute atomic E-state index is 0.0776. The maximum atomic E-state index is 13.7. The van der Waals surface area contributed by atoms with Crippen LogP contribution in [0.25, 0.3) is 11.4 Å². The first-order valence-corrected chi connectivity index (χ1v) is 11.1. The summed E-state index contributed by atoms with van der Waals surface area (Å²) in [7, 11) is 0. The molecule has 2 aromatic heterocycles. The number of rotatable bonds is 3. The third-order valence-electron chi connectivity index (χ3n) is 6.83. The van der Waals surface area contributed by atoms with Crippen molar-refractivity contribution in [2.75, 3.05) is 18.4 Å². The summed E-state index contributed by atoms with van der Waals surface area (Å²) in [5.41, 5.74) is 3.14. The molecule has 0 radical (unpaired) electrons. The van der Waals surface area contributed by atoms with Crippen LogP contribution in [0.3, 0.4) is 0 Å². The molecule has 1 fully saturated rings. The maximum absolute atomic E-state index is 13.7. The molecule has 4 heterocycles. The summed E-state index contributed by atoms with van der Waals surface area (Å²) in [5.74, 6) is -0.951. The lowest BCUT2D eigenvalue weighted by Gasteiger charge is -2.36. The Morgan fingerprint density at radius 2 is 1.94 bits per heavy atom. The van der Waals surface area contributed by atoms with E-state index in [2.05, 4.69) is 21.4 Å². The predicted molar refractivity (Wildman–Crippen MR) is 121 cm³/mol. The van der Waals surface area contributed by atoms with E-state index in [1.807, 2.05) is 11.8 Å². The van der Waals surface area contributed by atoms with Gasteiger partial charge in [-0.25, -0.2) is 23.7 Å². The molecular formula is C25H25F2N5O. The summed E-state index contributed by atoms with van der Waals surface area (Å²) in [6, 6.07) is 7.55. The molecule has 0 aliphatic carbocycles. The van der Waals surface area contributed by atoms with Crippen LogP contribution in [0.5, 0.6) is 0 Å². The Morgan fingerprint density at radius 3 is 2.70 bits per heavy atom. The lowest BCUT2D eigenvalue weighted by molar-refractivity contribution is -0.131. The molecule has 1 saturated heterocycles. The molecule has 5 rings (SSSR count). The van der Waals surface area contributed by atoms with Crippen molar-refractivity contribution in [1.82, 2.24) is 19.9 Å². The number of anilines is 1. The number of amides is 1. The van der Waals surface area contributed by atoms with Crippen molar-refractivity contribution in [2.45, 2.75) is 44.6 Å². The number of hydrogen-bond donors (Lipinski definition) is 1. The third kappa shape index (κ3) is 3.94. The van der Waals surface area contributed by atoms with Crippen LogP contribution in [0, 0.1) is 18.6 Å². The lowest BCUT2D eigenvalue weighted by atomic mass is 9.86. The van der Waals surface area contributed by atoms with E-state index in [4.69, 9.17) is 4.98 Å². The first kappa shape index (κ1) is 21.4. The molecule has 2 aliphatic rings. The van der Waals surface area contributed by atoms with E-state index in [9.17, 15) is 13.6 Å². The third-order valence-corrected chi connectivity index (χ3v) is 6.83. The Kier molecular flexibility index (Phi) is 5.31. The van der Waals surface area contributed by atoms with Crippen molar-refractivity contribution in [3.05, 3.63) is 71.2 Å². The highest BCUT2D eigenvalue weighted by Crippen LogP contribution is 2.38. The fourth-order valence-corrected chi connectivity index (χ4v) is 4.86. The zero-order valence-electron chi connectivity index (χ0n) is 18.6. The Labute approximate surface area is 191 Å². The molecule has 1 N–H and O–H groups in total. The van der Waals surface area contributed by atoms with E-state index < -0.39 is 17.6 Å². The number of carbonyl (C=O) groups excluding carboxylic acids is 1.